The number of rotatable bonds is 6. The topological polar surface area (TPSA) is 46.1 Å². The minimum absolute atomic E-state index is 0.223. The molecule has 3 rings (SSSR count). The number of nitrogens with zero attached hydrogens (tertiary/aromatic N) is 1. The van der Waals surface area contributed by atoms with E-state index in [1.165, 1.54) is 10.9 Å². The Kier molecular flexibility index (Phi) is 5.79. The molecule has 2 N–H and O–H groups in total. The lowest BCUT2D eigenvalue weighted by molar-refractivity contribution is -0.115. The molecule has 1 amide bonds. The van der Waals surface area contributed by atoms with Crippen LogP contribution in [0.3, 0.4) is 0 Å². The third-order valence-corrected chi connectivity index (χ3v) is 5.23. The minimum atomic E-state index is -4.34. The van der Waals surface area contributed by atoms with Crippen LogP contribution in [-0.2, 0) is 6.54 Å². The van der Waals surface area contributed by atoms with Gasteiger partial charge in [-0.3, -0.25) is 4.79 Å². The van der Waals surface area contributed by atoms with Crippen LogP contribution in [0.2, 0.25) is 0 Å². The van der Waals surface area contributed by atoms with Crippen LogP contribution < -0.4 is 10.6 Å². The summed E-state index contributed by atoms with van der Waals surface area (Å²) in [6, 6.07) is 12.2. The van der Waals surface area contributed by atoms with Gasteiger partial charge in [-0.2, -0.15) is 13.2 Å². The number of para-hydroxylation sites is 2. The molecule has 0 aliphatic heterocycles. The second-order valence-corrected chi connectivity index (χ2v) is 7.45. The summed E-state index contributed by atoms with van der Waals surface area (Å²) in [6.07, 6.45) is -4.34. The van der Waals surface area contributed by atoms with E-state index in [4.69, 9.17) is 0 Å². The number of carbonyl (C=O) groups is 1. The Morgan fingerprint density at radius 3 is 2.46 bits per heavy atom. The van der Waals surface area contributed by atoms with Crippen molar-refractivity contribution in [3.8, 4) is 0 Å². The molecule has 0 fully saturated rings. The van der Waals surface area contributed by atoms with Gasteiger partial charge in [-0.25, -0.2) is 0 Å². The van der Waals surface area contributed by atoms with Gasteiger partial charge < -0.3 is 15.2 Å². The highest BCUT2D eigenvalue weighted by molar-refractivity contribution is 7.09. The van der Waals surface area contributed by atoms with Gasteiger partial charge in [0.1, 0.15) is 6.54 Å². The van der Waals surface area contributed by atoms with E-state index in [9.17, 15) is 18.0 Å². The van der Waals surface area contributed by atoms with Crippen molar-refractivity contribution in [3.63, 3.8) is 0 Å². The zero-order valence-corrected chi connectivity index (χ0v) is 16.2. The zero-order chi connectivity index (χ0) is 20.3. The lowest BCUT2D eigenvalue weighted by Crippen LogP contribution is -2.22. The normalized spacial score (nSPS) is 11.5. The fourth-order valence-corrected chi connectivity index (χ4v) is 3.66. The fraction of sp³-hybridized carbons (Fsp3) is 0.250. The summed E-state index contributed by atoms with van der Waals surface area (Å²) in [4.78, 5) is 14.0. The summed E-state index contributed by atoms with van der Waals surface area (Å²) in [5.41, 5.74) is 2.78. The Hall–Kier alpha value is -2.74. The van der Waals surface area contributed by atoms with Crippen LogP contribution in [0.4, 0.5) is 24.5 Å². The van der Waals surface area contributed by atoms with E-state index >= 15 is 0 Å². The summed E-state index contributed by atoms with van der Waals surface area (Å²) in [7, 11) is 0. The minimum Gasteiger partial charge on any atom is -0.375 e. The van der Waals surface area contributed by atoms with Gasteiger partial charge in [0, 0.05) is 16.3 Å². The number of hydrogen-bond donors (Lipinski definition) is 2. The van der Waals surface area contributed by atoms with E-state index in [1.807, 2.05) is 31.4 Å². The van der Waals surface area contributed by atoms with Gasteiger partial charge in [0.2, 0.25) is 0 Å². The highest BCUT2D eigenvalue weighted by Gasteiger charge is 2.27. The molecular weight excluding hydrogens is 387 g/mol. The Labute approximate surface area is 165 Å². The molecule has 1 aromatic carbocycles. The molecule has 2 heterocycles. The summed E-state index contributed by atoms with van der Waals surface area (Å²) in [5.74, 6) is -0.355. The Balaban J connectivity index is 1.79. The molecule has 0 aliphatic rings. The van der Waals surface area contributed by atoms with Crippen molar-refractivity contribution in [2.45, 2.75) is 26.6 Å². The monoisotopic (exact) mass is 407 g/mol. The number of nitrogens with one attached hydrogen (secondary N) is 2. The molecule has 148 valence electrons. The Morgan fingerprint density at radius 1 is 1.11 bits per heavy atom. The molecule has 0 atom stereocenters. The van der Waals surface area contributed by atoms with E-state index in [0.717, 1.165) is 11.4 Å². The molecule has 3 aromatic rings. The molecule has 2 aromatic heterocycles. The van der Waals surface area contributed by atoms with Crippen molar-refractivity contribution < 1.29 is 18.0 Å². The first kappa shape index (κ1) is 20.0. The molecule has 28 heavy (non-hydrogen) atoms. The number of alkyl halides is 3. The predicted molar refractivity (Wildman–Crippen MR) is 106 cm³/mol. The molecule has 0 saturated heterocycles. The van der Waals surface area contributed by atoms with Gasteiger partial charge in [0.05, 0.1) is 23.5 Å². The predicted octanol–water partition coefficient (Wildman–Crippen LogP) is 5.44. The van der Waals surface area contributed by atoms with Crippen molar-refractivity contribution in [3.05, 3.63) is 69.7 Å². The van der Waals surface area contributed by atoms with E-state index < -0.39 is 12.7 Å². The van der Waals surface area contributed by atoms with Crippen LogP contribution in [0.5, 0.6) is 0 Å². The highest BCUT2D eigenvalue weighted by atomic mass is 32.1. The number of benzene rings is 1. The van der Waals surface area contributed by atoms with Gasteiger partial charge in [-0.1, -0.05) is 18.2 Å². The Bertz CT molecular complexity index is 962. The first-order valence-corrected chi connectivity index (χ1v) is 9.52. The van der Waals surface area contributed by atoms with Crippen molar-refractivity contribution >= 4 is 28.6 Å². The van der Waals surface area contributed by atoms with Crippen molar-refractivity contribution in [2.24, 2.45) is 0 Å². The number of thiophene rings is 1. The van der Waals surface area contributed by atoms with E-state index in [1.54, 1.807) is 35.6 Å². The molecule has 0 bridgehead atoms. The summed E-state index contributed by atoms with van der Waals surface area (Å²) >= 11 is 1.64. The quantitative estimate of drug-likeness (QED) is 0.571. The average Bonchev–Trinajstić information content (AvgIpc) is 3.24. The second kappa shape index (κ2) is 8.10. The summed E-state index contributed by atoms with van der Waals surface area (Å²) in [6.45, 7) is 3.29. The maximum absolute atomic E-state index is 12.8. The Morgan fingerprint density at radius 2 is 1.82 bits per heavy atom. The molecule has 4 nitrogen and oxygen atoms in total. The number of aromatic nitrogens is 1. The first-order valence-electron chi connectivity index (χ1n) is 8.65. The highest BCUT2D eigenvalue weighted by Crippen LogP contribution is 2.25. The SMILES string of the molecule is Cc1cc(C(=O)Nc2ccccc2NCC(F)(F)F)c(C)n1Cc1cccs1. The van der Waals surface area contributed by atoms with Crippen molar-refractivity contribution in [2.75, 3.05) is 17.2 Å². The molecule has 0 unspecified atom stereocenters. The number of amides is 1. The first-order chi connectivity index (χ1) is 13.2. The second-order valence-electron chi connectivity index (χ2n) is 6.42. The largest absolute Gasteiger partial charge is 0.405 e. The molecule has 0 aliphatic carbocycles. The molecule has 0 saturated carbocycles. The van der Waals surface area contributed by atoms with Crippen molar-refractivity contribution in [1.29, 1.82) is 0 Å². The number of aryl methyl sites for hydroxylation is 1. The van der Waals surface area contributed by atoms with E-state index in [0.29, 0.717) is 17.8 Å². The van der Waals surface area contributed by atoms with Gasteiger partial charge in [0.15, 0.2) is 0 Å². The zero-order valence-electron chi connectivity index (χ0n) is 15.4. The van der Waals surface area contributed by atoms with Gasteiger partial charge in [0.25, 0.3) is 5.91 Å². The van der Waals surface area contributed by atoms with Crippen LogP contribution in [0.25, 0.3) is 0 Å². The molecular formula is C20H20F3N3OS. The molecule has 0 radical (unpaired) electrons. The lowest BCUT2D eigenvalue weighted by atomic mass is 10.2. The van der Waals surface area contributed by atoms with Crippen LogP contribution in [-0.4, -0.2) is 23.2 Å². The maximum atomic E-state index is 12.8. The molecule has 8 heteroatoms. The van der Waals surface area contributed by atoms with Crippen LogP contribution in [0, 0.1) is 13.8 Å². The van der Waals surface area contributed by atoms with E-state index in [-0.39, 0.29) is 11.6 Å². The maximum Gasteiger partial charge on any atom is 0.405 e. The number of halogens is 3. The third-order valence-electron chi connectivity index (χ3n) is 4.37. The van der Waals surface area contributed by atoms with E-state index in [2.05, 4.69) is 15.2 Å². The number of hydrogen-bond acceptors (Lipinski definition) is 3. The van der Waals surface area contributed by atoms with Crippen LogP contribution in [0.15, 0.2) is 47.8 Å². The average molecular weight is 407 g/mol. The standard InChI is InChI=1S/C20H20F3N3OS/c1-13-10-16(14(2)26(13)11-15-6-5-9-28-15)19(27)25-18-8-4-3-7-17(18)24-12-20(21,22)23/h3-10,24H,11-12H2,1-2H3,(H,25,27). The van der Waals surface area contributed by atoms with Crippen molar-refractivity contribution in [1.82, 2.24) is 4.57 Å². The number of carbonyl (C=O) groups excluding carboxylic acids is 1. The third kappa shape index (κ3) is 4.75. The summed E-state index contributed by atoms with van der Waals surface area (Å²) in [5, 5.41) is 7.05. The lowest BCUT2D eigenvalue weighted by Gasteiger charge is -2.14. The number of anilines is 2. The summed E-state index contributed by atoms with van der Waals surface area (Å²) < 4.78 is 39.6. The van der Waals surface area contributed by atoms with Gasteiger partial charge in [-0.15, -0.1) is 11.3 Å². The fourth-order valence-electron chi connectivity index (χ4n) is 2.96. The van der Waals surface area contributed by atoms with Gasteiger partial charge in [-0.05, 0) is 43.5 Å². The van der Waals surface area contributed by atoms with Crippen LogP contribution >= 0.6 is 11.3 Å². The van der Waals surface area contributed by atoms with Gasteiger partial charge >= 0.3 is 6.18 Å². The van der Waals surface area contributed by atoms with Crippen LogP contribution in [0.1, 0.15) is 26.6 Å². The molecule has 0 spiro atoms. The smallest absolute Gasteiger partial charge is 0.375 e.